The number of methoxy groups -OCH3 is 2. The first-order valence-electron chi connectivity index (χ1n) is 12.5. The minimum atomic E-state index is -0.731. The Balaban J connectivity index is 1.63. The van der Waals surface area contributed by atoms with Crippen LogP contribution in [0.3, 0.4) is 0 Å². The van der Waals surface area contributed by atoms with E-state index in [4.69, 9.17) is 14.5 Å². The van der Waals surface area contributed by atoms with Gasteiger partial charge in [-0.1, -0.05) is 12.5 Å². The number of nitrogens with zero attached hydrogens (tertiary/aromatic N) is 4. The van der Waals surface area contributed by atoms with Crippen LogP contribution < -0.4 is 9.64 Å². The summed E-state index contributed by atoms with van der Waals surface area (Å²) in [4.78, 5) is 35.6. The molecule has 5 rings (SSSR count). The lowest BCUT2D eigenvalue weighted by Gasteiger charge is -2.34. The van der Waals surface area contributed by atoms with Gasteiger partial charge in [0.05, 0.1) is 36.9 Å². The Labute approximate surface area is 210 Å². The average molecular weight is 493 g/mol. The fraction of sp³-hybridized carbons (Fsp3) is 0.481. The number of benzene rings is 1. The van der Waals surface area contributed by atoms with Gasteiger partial charge in [-0.3, -0.25) is 9.69 Å². The van der Waals surface area contributed by atoms with Crippen LogP contribution in [0, 0.1) is 5.92 Å². The van der Waals surface area contributed by atoms with Gasteiger partial charge < -0.3 is 19.1 Å². The highest BCUT2D eigenvalue weighted by Crippen LogP contribution is 2.40. The molecule has 1 saturated carbocycles. The Morgan fingerprint density at radius 3 is 2.67 bits per heavy atom. The zero-order valence-corrected chi connectivity index (χ0v) is 20.9. The Kier molecular flexibility index (Phi) is 6.55. The molecular weight excluding hydrogens is 460 g/mol. The van der Waals surface area contributed by atoms with Crippen molar-refractivity contribution in [3.05, 3.63) is 47.4 Å². The number of aliphatic carboxylic acids is 1. The van der Waals surface area contributed by atoms with Crippen LogP contribution in [0.5, 0.6) is 5.88 Å². The van der Waals surface area contributed by atoms with Gasteiger partial charge >= 0.3 is 12.1 Å². The number of hydrogen-bond donors (Lipinski definition) is 1. The average Bonchev–Trinajstić information content (AvgIpc) is 3.26. The number of rotatable bonds is 5. The van der Waals surface area contributed by atoms with Crippen LogP contribution in [0.15, 0.2) is 30.5 Å². The number of imidazole rings is 1. The van der Waals surface area contributed by atoms with Gasteiger partial charge in [0.25, 0.3) is 0 Å². The summed E-state index contributed by atoms with van der Waals surface area (Å²) in [7, 11) is 2.99. The number of hydrogen-bond acceptors (Lipinski definition) is 6. The fourth-order valence-corrected chi connectivity index (χ4v) is 5.80. The molecule has 0 saturated heterocycles. The molecule has 0 bridgehead atoms. The fourth-order valence-electron chi connectivity index (χ4n) is 5.80. The number of aromatic nitrogens is 3. The van der Waals surface area contributed by atoms with E-state index in [1.54, 1.807) is 18.2 Å². The third kappa shape index (κ3) is 4.27. The highest BCUT2D eigenvalue weighted by molar-refractivity contribution is 5.95. The molecule has 9 heteroatoms. The Bertz CT molecular complexity index is 1290. The smallest absolute Gasteiger partial charge is 0.414 e. The van der Waals surface area contributed by atoms with Gasteiger partial charge in [-0.2, -0.15) is 0 Å². The number of carboxylic acid groups (broad SMARTS) is 1. The van der Waals surface area contributed by atoms with Gasteiger partial charge in [0.2, 0.25) is 5.88 Å². The maximum Gasteiger partial charge on any atom is 0.414 e. The van der Waals surface area contributed by atoms with Crippen LogP contribution in [0.4, 0.5) is 10.5 Å². The third-order valence-electron chi connectivity index (χ3n) is 7.63. The monoisotopic (exact) mass is 492 g/mol. The maximum atomic E-state index is 12.6. The number of carbonyl (C=O) groups excluding carboxylic acids is 1. The van der Waals surface area contributed by atoms with E-state index < -0.39 is 5.97 Å². The second-order valence-electron chi connectivity index (χ2n) is 9.80. The molecule has 3 aromatic rings. The summed E-state index contributed by atoms with van der Waals surface area (Å²) in [5, 5.41) is 9.71. The predicted molar refractivity (Wildman–Crippen MR) is 135 cm³/mol. The predicted octanol–water partition coefficient (Wildman–Crippen LogP) is 4.75. The van der Waals surface area contributed by atoms with Crippen molar-refractivity contribution in [3.8, 4) is 5.88 Å². The van der Waals surface area contributed by atoms with Crippen LogP contribution >= 0.6 is 0 Å². The molecule has 36 heavy (non-hydrogen) atoms. The highest BCUT2D eigenvalue weighted by Gasteiger charge is 2.34. The molecule has 0 radical (unpaired) electrons. The zero-order chi connectivity index (χ0) is 25.4. The number of pyridine rings is 1. The van der Waals surface area contributed by atoms with Crippen LogP contribution in [-0.4, -0.2) is 52.0 Å². The lowest BCUT2D eigenvalue weighted by molar-refractivity contribution is -0.143. The minimum absolute atomic E-state index is 0.0315. The van der Waals surface area contributed by atoms with Crippen LogP contribution in [0.25, 0.3) is 11.0 Å². The maximum absolute atomic E-state index is 12.6. The van der Waals surface area contributed by atoms with Crippen molar-refractivity contribution in [2.75, 3.05) is 19.1 Å². The topological polar surface area (TPSA) is 107 Å². The van der Waals surface area contributed by atoms with E-state index in [2.05, 4.69) is 9.55 Å². The van der Waals surface area contributed by atoms with E-state index in [0.29, 0.717) is 25.1 Å². The summed E-state index contributed by atoms with van der Waals surface area (Å²) in [5.74, 6) is 0.342. The second kappa shape index (κ2) is 9.79. The molecule has 3 heterocycles. The molecule has 3 atom stereocenters. The van der Waals surface area contributed by atoms with Crippen molar-refractivity contribution in [1.29, 1.82) is 0 Å². The van der Waals surface area contributed by atoms with Gasteiger partial charge in [0.1, 0.15) is 5.82 Å². The number of amides is 1. The third-order valence-corrected chi connectivity index (χ3v) is 7.63. The molecule has 1 aliphatic carbocycles. The standard InChI is InChI=1S/C27H32N4O5/c1-16-7-9-20-21(30(16)27(34)36-3)10-11-22-25(20)29-23(13-17-8-12-24(35-2)28-15-17)31(22)19-6-4-5-18(14-19)26(32)33/h8,10-12,15-16,18-19H,4-7,9,13-14H2,1-3H3,(H,32,33)/t16-,18+,19+/m0/s1. The van der Waals surface area contributed by atoms with E-state index in [-0.39, 0.29) is 24.1 Å². The molecule has 2 aromatic heterocycles. The number of anilines is 1. The number of aryl methyl sites for hydroxylation is 1. The number of carbonyl (C=O) groups is 2. The van der Waals surface area contributed by atoms with Crippen molar-refractivity contribution in [2.45, 2.75) is 64.0 Å². The molecule has 190 valence electrons. The summed E-state index contributed by atoms with van der Waals surface area (Å²) in [6.45, 7) is 2.03. The molecule has 1 fully saturated rings. The van der Waals surface area contributed by atoms with Crippen molar-refractivity contribution in [1.82, 2.24) is 14.5 Å². The van der Waals surface area contributed by atoms with Crippen molar-refractivity contribution >= 4 is 28.8 Å². The second-order valence-corrected chi connectivity index (χ2v) is 9.80. The van der Waals surface area contributed by atoms with Gasteiger partial charge in [0, 0.05) is 36.3 Å². The quantitative estimate of drug-likeness (QED) is 0.547. The number of fused-ring (bicyclic) bond motifs is 3. The largest absolute Gasteiger partial charge is 0.481 e. The Hall–Kier alpha value is -3.62. The van der Waals surface area contributed by atoms with E-state index in [0.717, 1.165) is 59.4 Å². The zero-order valence-electron chi connectivity index (χ0n) is 20.9. The van der Waals surface area contributed by atoms with Crippen molar-refractivity contribution in [2.24, 2.45) is 5.92 Å². The first-order chi connectivity index (χ1) is 17.4. The van der Waals surface area contributed by atoms with E-state index >= 15 is 0 Å². The first kappa shape index (κ1) is 24.1. The van der Waals surface area contributed by atoms with E-state index in [1.165, 1.54) is 7.11 Å². The summed E-state index contributed by atoms with van der Waals surface area (Å²) in [6, 6.07) is 7.90. The Morgan fingerprint density at radius 2 is 1.97 bits per heavy atom. The van der Waals surface area contributed by atoms with E-state index in [1.807, 2.05) is 31.2 Å². The van der Waals surface area contributed by atoms with Gasteiger partial charge in [-0.25, -0.2) is 14.8 Å². The molecule has 1 N–H and O–H groups in total. The number of carboxylic acids is 1. The SMILES string of the molecule is COC(=O)N1c2ccc3c(nc(Cc4ccc(OC)nc4)n3[C@@H]3CCC[C@@H](C(=O)O)C3)c2CC[C@@H]1C. The number of ether oxygens (including phenoxy) is 2. The van der Waals surface area contributed by atoms with Gasteiger partial charge in [-0.15, -0.1) is 0 Å². The van der Waals surface area contributed by atoms with Crippen molar-refractivity contribution < 1.29 is 24.2 Å². The van der Waals surface area contributed by atoms with Crippen LogP contribution in [-0.2, 0) is 22.4 Å². The van der Waals surface area contributed by atoms with Gasteiger partial charge in [0.15, 0.2) is 0 Å². The first-order valence-corrected chi connectivity index (χ1v) is 12.5. The Morgan fingerprint density at radius 1 is 1.14 bits per heavy atom. The summed E-state index contributed by atoms with van der Waals surface area (Å²) in [6.07, 6.45) is 6.67. The van der Waals surface area contributed by atoms with Crippen LogP contribution in [0.1, 0.15) is 62.0 Å². The molecule has 2 aliphatic rings. The molecule has 0 unspecified atom stereocenters. The molecule has 1 amide bonds. The molecule has 1 aromatic carbocycles. The van der Waals surface area contributed by atoms with Crippen LogP contribution in [0.2, 0.25) is 0 Å². The minimum Gasteiger partial charge on any atom is -0.481 e. The summed E-state index contributed by atoms with van der Waals surface area (Å²) >= 11 is 0. The molecular formula is C27H32N4O5. The van der Waals surface area contributed by atoms with Crippen molar-refractivity contribution in [3.63, 3.8) is 0 Å². The molecule has 9 nitrogen and oxygen atoms in total. The molecule has 0 spiro atoms. The summed E-state index contributed by atoms with van der Waals surface area (Å²) in [5.41, 5.74) is 4.73. The lowest BCUT2D eigenvalue weighted by Crippen LogP contribution is -2.42. The lowest BCUT2D eigenvalue weighted by atomic mass is 9.85. The van der Waals surface area contributed by atoms with Gasteiger partial charge in [-0.05, 0) is 56.7 Å². The summed E-state index contributed by atoms with van der Waals surface area (Å²) < 4.78 is 12.5. The normalized spacial score (nSPS) is 21.8. The molecule has 1 aliphatic heterocycles. The highest BCUT2D eigenvalue weighted by atomic mass is 16.5. The van der Waals surface area contributed by atoms with E-state index in [9.17, 15) is 14.7 Å².